The minimum atomic E-state index is -1.60. The monoisotopic (exact) mass is 486 g/mol. The number of rotatable bonds is 8. The number of hydrogen-bond donors (Lipinski definition) is 2. The standard InChI is InChI=1S/C20H18N6O5S2/c1-2-8-25-23-20(22-24-25)32-10-13-11-33(31)18-15(17(28)26(18)16(13)19(29)30)21-14(27)9-12-6-4-3-5-7-12/h1,3-7,15,18H,8-11H2,(H,21,27)(H,29,30)/t15?,18-,33?/m1/s1. The molecule has 13 heteroatoms. The molecule has 170 valence electrons. The van der Waals surface area contributed by atoms with Crippen molar-refractivity contribution in [3.63, 3.8) is 0 Å². The molecule has 3 heterocycles. The number of aliphatic carboxylic acids is 1. The highest BCUT2D eigenvalue weighted by Crippen LogP contribution is 2.38. The second-order valence-electron chi connectivity index (χ2n) is 7.18. The van der Waals surface area contributed by atoms with E-state index >= 15 is 0 Å². The largest absolute Gasteiger partial charge is 0.614 e. The van der Waals surface area contributed by atoms with Crippen molar-refractivity contribution in [2.24, 2.45) is 0 Å². The van der Waals surface area contributed by atoms with Gasteiger partial charge in [-0.1, -0.05) is 48.0 Å². The van der Waals surface area contributed by atoms with Gasteiger partial charge in [-0.2, -0.15) is 4.80 Å². The van der Waals surface area contributed by atoms with Gasteiger partial charge in [0.05, 0.1) is 6.42 Å². The van der Waals surface area contributed by atoms with Crippen LogP contribution in [-0.4, -0.2) is 75.5 Å². The van der Waals surface area contributed by atoms with Crippen LogP contribution in [0.2, 0.25) is 0 Å². The Morgan fingerprint density at radius 1 is 1.36 bits per heavy atom. The van der Waals surface area contributed by atoms with E-state index in [4.69, 9.17) is 6.42 Å². The maximum Gasteiger partial charge on any atom is 0.352 e. The number of fused-ring (bicyclic) bond motifs is 1. The van der Waals surface area contributed by atoms with Gasteiger partial charge in [0.15, 0.2) is 6.04 Å². The Hall–Kier alpha value is -3.34. The van der Waals surface area contributed by atoms with Crippen molar-refractivity contribution in [2.45, 2.75) is 29.5 Å². The molecule has 2 N–H and O–H groups in total. The van der Waals surface area contributed by atoms with Gasteiger partial charge in [-0.15, -0.1) is 16.6 Å². The lowest BCUT2D eigenvalue weighted by Crippen LogP contribution is -2.75. The lowest BCUT2D eigenvalue weighted by molar-refractivity contribution is -0.151. The molecule has 4 rings (SSSR count). The fraction of sp³-hybridized carbons (Fsp3) is 0.300. The summed E-state index contributed by atoms with van der Waals surface area (Å²) in [5.41, 5.74) is 0.862. The SMILES string of the molecule is C#CCn1nnc(SCC2=C(C(=O)O)N3C(=O)C(NC(=O)Cc4ccccc4)[C@H]3[S+]([O-])C2)n1. The van der Waals surface area contributed by atoms with E-state index in [9.17, 15) is 24.0 Å². The first-order chi connectivity index (χ1) is 15.9. The van der Waals surface area contributed by atoms with E-state index in [1.807, 2.05) is 6.07 Å². The first kappa shape index (κ1) is 22.8. The molecule has 1 saturated heterocycles. The molecule has 0 saturated carbocycles. The van der Waals surface area contributed by atoms with Crippen LogP contribution in [0.5, 0.6) is 0 Å². The number of β-lactam (4-membered cyclic amide) rings is 1. The Bertz CT molecular complexity index is 1160. The predicted molar refractivity (Wildman–Crippen MR) is 118 cm³/mol. The molecule has 2 aliphatic heterocycles. The summed E-state index contributed by atoms with van der Waals surface area (Å²) in [6, 6.07) is 7.94. The van der Waals surface area contributed by atoms with Gasteiger partial charge in [-0.05, 0) is 22.0 Å². The Balaban J connectivity index is 1.46. The third-order valence-corrected chi connectivity index (χ3v) is 7.54. The quantitative estimate of drug-likeness (QED) is 0.215. The molecule has 0 aliphatic carbocycles. The van der Waals surface area contributed by atoms with Crippen LogP contribution >= 0.6 is 11.8 Å². The summed E-state index contributed by atoms with van der Waals surface area (Å²) in [6.45, 7) is 0.141. The lowest BCUT2D eigenvalue weighted by Gasteiger charge is -2.49. The minimum Gasteiger partial charge on any atom is -0.614 e. The molecule has 3 atom stereocenters. The predicted octanol–water partition coefficient (Wildman–Crippen LogP) is -0.605. The van der Waals surface area contributed by atoms with Gasteiger partial charge < -0.3 is 15.0 Å². The van der Waals surface area contributed by atoms with Gasteiger partial charge >= 0.3 is 5.97 Å². The molecule has 0 spiro atoms. The van der Waals surface area contributed by atoms with Gasteiger partial charge in [-0.25, -0.2) is 4.79 Å². The topological polar surface area (TPSA) is 153 Å². The minimum absolute atomic E-state index is 0.0490. The number of terminal acetylenes is 1. The second kappa shape index (κ2) is 9.65. The molecule has 33 heavy (non-hydrogen) atoms. The summed E-state index contributed by atoms with van der Waals surface area (Å²) < 4.78 is 12.9. The van der Waals surface area contributed by atoms with E-state index in [1.54, 1.807) is 24.3 Å². The molecule has 0 radical (unpaired) electrons. The van der Waals surface area contributed by atoms with Gasteiger partial charge in [-0.3, -0.25) is 14.5 Å². The van der Waals surface area contributed by atoms with Crippen LogP contribution in [0.4, 0.5) is 0 Å². The third kappa shape index (κ3) is 4.72. The highest BCUT2D eigenvalue weighted by atomic mass is 32.2. The third-order valence-electron chi connectivity index (χ3n) is 4.97. The number of nitrogens with one attached hydrogen (secondary N) is 1. The average molecular weight is 487 g/mol. The van der Waals surface area contributed by atoms with Crippen molar-refractivity contribution in [2.75, 3.05) is 11.5 Å². The van der Waals surface area contributed by atoms with E-state index < -0.39 is 40.4 Å². The molecule has 1 aromatic heterocycles. The zero-order chi connectivity index (χ0) is 23.5. The normalized spacial score (nSPS) is 21.8. The Labute approximate surface area is 195 Å². The number of benzene rings is 1. The zero-order valence-corrected chi connectivity index (χ0v) is 18.7. The Morgan fingerprint density at radius 2 is 2.12 bits per heavy atom. The number of carboxylic acid groups (broad SMARTS) is 1. The summed E-state index contributed by atoms with van der Waals surface area (Å²) >= 11 is -0.497. The number of hydrogen-bond acceptors (Lipinski definition) is 8. The maximum atomic E-state index is 12.9. The van der Waals surface area contributed by atoms with Crippen LogP contribution in [0, 0.1) is 12.3 Å². The summed E-state index contributed by atoms with van der Waals surface area (Å²) in [5.74, 6) is 0.117. The van der Waals surface area contributed by atoms with E-state index in [2.05, 4.69) is 26.6 Å². The summed E-state index contributed by atoms with van der Waals surface area (Å²) in [5, 5.41) is 23.4. The van der Waals surface area contributed by atoms with E-state index in [0.717, 1.165) is 22.2 Å². The number of nitrogens with zero attached hydrogens (tertiary/aromatic N) is 5. The fourth-order valence-electron chi connectivity index (χ4n) is 3.56. The van der Waals surface area contributed by atoms with Gasteiger partial charge in [0.2, 0.25) is 16.4 Å². The van der Waals surface area contributed by atoms with E-state index in [-0.39, 0.29) is 35.3 Å². The van der Waals surface area contributed by atoms with Gasteiger partial charge in [0.1, 0.15) is 18.0 Å². The Kier molecular flexibility index (Phi) is 6.68. The molecule has 2 amide bonds. The van der Waals surface area contributed by atoms with E-state index in [1.165, 1.54) is 4.80 Å². The number of tetrazole rings is 1. The second-order valence-corrected chi connectivity index (χ2v) is 9.66. The molecule has 2 aromatic rings. The molecule has 11 nitrogen and oxygen atoms in total. The highest BCUT2D eigenvalue weighted by Gasteiger charge is 2.60. The fourth-order valence-corrected chi connectivity index (χ4v) is 6.16. The smallest absolute Gasteiger partial charge is 0.352 e. The zero-order valence-electron chi connectivity index (χ0n) is 17.1. The first-order valence-electron chi connectivity index (χ1n) is 9.72. The summed E-state index contributed by atoms with van der Waals surface area (Å²) in [7, 11) is 0. The Morgan fingerprint density at radius 3 is 2.82 bits per heavy atom. The van der Waals surface area contributed by atoms with Crippen LogP contribution in [0.1, 0.15) is 5.56 Å². The molecule has 2 unspecified atom stereocenters. The first-order valence-corrected chi connectivity index (χ1v) is 12.1. The van der Waals surface area contributed by atoms with Crippen molar-refractivity contribution >= 4 is 40.7 Å². The molecular formula is C20H18N6O5S2. The van der Waals surface area contributed by atoms with Crippen molar-refractivity contribution in [3.05, 3.63) is 47.2 Å². The average Bonchev–Trinajstić information content (AvgIpc) is 3.24. The van der Waals surface area contributed by atoms with E-state index in [0.29, 0.717) is 5.57 Å². The van der Waals surface area contributed by atoms with Crippen LogP contribution in [0.25, 0.3) is 0 Å². The summed E-state index contributed by atoms with van der Waals surface area (Å²) in [6.07, 6.45) is 5.26. The number of thioether (sulfide) groups is 1. The number of carbonyl (C=O) groups is 3. The molecule has 2 aliphatic rings. The number of carboxylic acids is 1. The summed E-state index contributed by atoms with van der Waals surface area (Å²) in [4.78, 5) is 39.3. The van der Waals surface area contributed by atoms with Crippen LogP contribution in [0.3, 0.4) is 0 Å². The van der Waals surface area contributed by atoms with Crippen molar-refractivity contribution in [1.82, 2.24) is 30.4 Å². The molecule has 0 bridgehead atoms. The molecule has 1 fully saturated rings. The molecule has 1 aromatic carbocycles. The van der Waals surface area contributed by atoms with Gasteiger partial charge in [0.25, 0.3) is 5.91 Å². The number of aromatic nitrogens is 4. The highest BCUT2D eigenvalue weighted by molar-refractivity contribution is 7.99. The van der Waals surface area contributed by atoms with Crippen molar-refractivity contribution < 1.29 is 24.0 Å². The van der Waals surface area contributed by atoms with Crippen LogP contribution in [-0.2, 0) is 38.5 Å². The van der Waals surface area contributed by atoms with Crippen molar-refractivity contribution in [3.8, 4) is 12.3 Å². The van der Waals surface area contributed by atoms with Crippen LogP contribution in [0.15, 0.2) is 46.8 Å². The maximum absolute atomic E-state index is 12.9. The van der Waals surface area contributed by atoms with Crippen LogP contribution < -0.4 is 5.32 Å². The lowest BCUT2D eigenvalue weighted by atomic mass is 10.0. The molecular weight excluding hydrogens is 468 g/mol. The number of amides is 2. The number of carbonyl (C=O) groups excluding carboxylic acids is 2. The van der Waals surface area contributed by atoms with Gasteiger partial charge in [0, 0.05) is 11.3 Å². The van der Waals surface area contributed by atoms with Crippen molar-refractivity contribution in [1.29, 1.82) is 0 Å².